The molecule has 0 aromatic carbocycles. The second-order valence-electron chi connectivity index (χ2n) is 8.32. The van der Waals surface area contributed by atoms with Gasteiger partial charge in [0, 0.05) is 17.9 Å². The number of carbonyl (C=O) groups excluding carboxylic acids is 1. The van der Waals surface area contributed by atoms with Crippen molar-refractivity contribution in [1.29, 1.82) is 0 Å². The van der Waals surface area contributed by atoms with Crippen molar-refractivity contribution in [3.8, 4) is 0 Å². The molecule has 2 fully saturated rings. The monoisotopic (exact) mass is 318 g/mol. The quantitative estimate of drug-likeness (QED) is 0.600. The normalized spacial score (nSPS) is 34.2. The Kier molecular flexibility index (Phi) is 4.89. The summed E-state index contributed by atoms with van der Waals surface area (Å²) >= 11 is 0. The van der Waals surface area contributed by atoms with Crippen molar-refractivity contribution in [3.05, 3.63) is 23.8 Å². The summed E-state index contributed by atoms with van der Waals surface area (Å²) in [5, 5.41) is 8.88. The van der Waals surface area contributed by atoms with Crippen LogP contribution in [0.5, 0.6) is 0 Å². The highest BCUT2D eigenvalue weighted by atomic mass is 16.4. The number of carbonyl (C=O) groups is 2. The van der Waals surface area contributed by atoms with Crippen LogP contribution in [0.4, 0.5) is 0 Å². The van der Waals surface area contributed by atoms with Crippen LogP contribution in [0.2, 0.25) is 0 Å². The van der Waals surface area contributed by atoms with E-state index in [-0.39, 0.29) is 10.8 Å². The molecule has 3 heteroatoms. The van der Waals surface area contributed by atoms with Crippen LogP contribution >= 0.6 is 0 Å². The summed E-state index contributed by atoms with van der Waals surface area (Å²) in [5.41, 5.74) is 2.05. The van der Waals surface area contributed by atoms with Gasteiger partial charge in [-0.25, -0.2) is 4.79 Å². The first-order valence-corrected chi connectivity index (χ1v) is 8.70. The summed E-state index contributed by atoms with van der Waals surface area (Å²) in [7, 11) is 0. The third-order valence-corrected chi connectivity index (χ3v) is 6.52. The lowest BCUT2D eigenvalue weighted by molar-refractivity contribution is -0.144. The van der Waals surface area contributed by atoms with E-state index in [1.54, 1.807) is 0 Å². The average molecular weight is 318 g/mol. The van der Waals surface area contributed by atoms with Gasteiger partial charge < -0.3 is 5.11 Å². The van der Waals surface area contributed by atoms with E-state index in [1.165, 1.54) is 11.6 Å². The molecule has 0 aromatic rings. The summed E-state index contributed by atoms with van der Waals surface area (Å²) in [6, 6.07) is 0. The smallest absolute Gasteiger partial charge is 0.328 e. The fraction of sp³-hybridized carbons (Fsp3) is 0.700. The first kappa shape index (κ1) is 18.0. The van der Waals surface area contributed by atoms with Crippen molar-refractivity contribution in [2.24, 2.45) is 22.7 Å². The van der Waals surface area contributed by atoms with Gasteiger partial charge in [0.2, 0.25) is 0 Å². The molecule has 1 N–H and O–H groups in total. The molecule has 2 aliphatic rings. The van der Waals surface area contributed by atoms with Gasteiger partial charge in [-0.3, -0.25) is 4.79 Å². The van der Waals surface area contributed by atoms with Crippen LogP contribution in [-0.4, -0.2) is 16.9 Å². The minimum atomic E-state index is -0.876. The Hall–Kier alpha value is -1.38. The van der Waals surface area contributed by atoms with E-state index in [4.69, 9.17) is 5.11 Å². The molecule has 3 nitrogen and oxygen atoms in total. The standard InChI is InChI=1S/C20H30O3/c1-13(12-18(22)23)6-8-15-14(2)7-9-16-19(3,4)17(21)10-11-20(15,16)5/h12,15-16H,2,6-11H2,1,3-5H3,(H,22,23)/b13-12+/t15-,16-,20+/m0/s1. The second kappa shape index (κ2) is 6.26. The fourth-order valence-electron chi connectivity index (χ4n) is 5.16. The van der Waals surface area contributed by atoms with E-state index in [9.17, 15) is 9.59 Å². The van der Waals surface area contributed by atoms with Gasteiger partial charge in [0.1, 0.15) is 5.78 Å². The SMILES string of the molecule is C=C1CC[C@H]2C(C)(C)C(=O)CC[C@]2(C)[C@H]1CC/C(C)=C/C(=O)O. The lowest BCUT2D eigenvalue weighted by Gasteiger charge is -2.57. The maximum absolute atomic E-state index is 12.4. The number of fused-ring (bicyclic) bond motifs is 1. The van der Waals surface area contributed by atoms with Crippen molar-refractivity contribution >= 4 is 11.8 Å². The number of ketones is 1. The van der Waals surface area contributed by atoms with E-state index < -0.39 is 5.97 Å². The molecule has 2 aliphatic carbocycles. The topological polar surface area (TPSA) is 54.4 Å². The molecule has 0 unspecified atom stereocenters. The first-order valence-electron chi connectivity index (χ1n) is 8.70. The van der Waals surface area contributed by atoms with Crippen LogP contribution in [0.3, 0.4) is 0 Å². The van der Waals surface area contributed by atoms with E-state index >= 15 is 0 Å². The number of carboxylic acid groups (broad SMARTS) is 1. The van der Waals surface area contributed by atoms with Crippen LogP contribution < -0.4 is 0 Å². The number of hydrogen-bond acceptors (Lipinski definition) is 2. The van der Waals surface area contributed by atoms with E-state index in [2.05, 4.69) is 27.4 Å². The predicted octanol–water partition coefficient (Wildman–Crippen LogP) is 4.78. The molecule has 0 saturated heterocycles. The molecule has 0 bridgehead atoms. The number of Topliss-reactive ketones (excluding diaryl/α,β-unsaturated/α-hetero) is 1. The zero-order chi connectivity index (χ0) is 17.4. The minimum Gasteiger partial charge on any atom is -0.478 e. The number of rotatable bonds is 4. The summed E-state index contributed by atoms with van der Waals surface area (Å²) in [6.45, 7) is 12.7. The predicted molar refractivity (Wildman–Crippen MR) is 92.1 cm³/mol. The molecule has 3 atom stereocenters. The Morgan fingerprint density at radius 1 is 1.35 bits per heavy atom. The van der Waals surface area contributed by atoms with Crippen molar-refractivity contribution in [3.63, 3.8) is 0 Å². The molecular weight excluding hydrogens is 288 g/mol. The number of allylic oxidation sites excluding steroid dienone is 2. The molecule has 2 rings (SSSR count). The van der Waals surface area contributed by atoms with Crippen molar-refractivity contribution < 1.29 is 14.7 Å². The molecule has 0 heterocycles. The fourth-order valence-corrected chi connectivity index (χ4v) is 5.16. The average Bonchev–Trinajstić information content (AvgIpc) is 2.42. The lowest BCUT2D eigenvalue weighted by Crippen LogP contribution is -2.53. The molecule has 23 heavy (non-hydrogen) atoms. The summed E-state index contributed by atoms with van der Waals surface area (Å²) in [4.78, 5) is 23.2. The largest absolute Gasteiger partial charge is 0.478 e. The van der Waals surface area contributed by atoms with Crippen molar-refractivity contribution in [1.82, 2.24) is 0 Å². The van der Waals surface area contributed by atoms with Gasteiger partial charge in [-0.05, 0) is 56.3 Å². The van der Waals surface area contributed by atoms with Crippen molar-refractivity contribution in [2.45, 2.75) is 66.2 Å². The maximum Gasteiger partial charge on any atom is 0.328 e. The van der Waals surface area contributed by atoms with Crippen LogP contribution in [0, 0.1) is 22.7 Å². The second-order valence-corrected chi connectivity index (χ2v) is 8.32. The maximum atomic E-state index is 12.4. The number of carboxylic acids is 1. The zero-order valence-corrected chi connectivity index (χ0v) is 14.9. The Labute approximate surface area is 139 Å². The summed E-state index contributed by atoms with van der Waals surface area (Å²) in [5.74, 6) is 0.299. The molecule has 0 spiro atoms. The van der Waals surface area contributed by atoms with Crippen LogP contribution in [0.25, 0.3) is 0 Å². The Morgan fingerprint density at radius 2 is 2.00 bits per heavy atom. The van der Waals surface area contributed by atoms with Gasteiger partial charge in [-0.1, -0.05) is 38.5 Å². The van der Waals surface area contributed by atoms with Crippen molar-refractivity contribution in [2.75, 3.05) is 0 Å². The first-order chi connectivity index (χ1) is 10.6. The molecule has 128 valence electrons. The van der Waals surface area contributed by atoms with Crippen LogP contribution in [0.1, 0.15) is 66.2 Å². The van der Waals surface area contributed by atoms with Gasteiger partial charge in [0.25, 0.3) is 0 Å². The van der Waals surface area contributed by atoms with Crippen LogP contribution in [-0.2, 0) is 9.59 Å². The third-order valence-electron chi connectivity index (χ3n) is 6.52. The third kappa shape index (κ3) is 3.29. The summed E-state index contributed by atoms with van der Waals surface area (Å²) in [6.07, 6.45) is 6.66. The van der Waals surface area contributed by atoms with E-state index in [1.807, 2.05) is 6.92 Å². The number of hydrogen-bond donors (Lipinski definition) is 1. The Morgan fingerprint density at radius 3 is 2.61 bits per heavy atom. The Balaban J connectivity index is 2.22. The minimum absolute atomic E-state index is 0.107. The van der Waals surface area contributed by atoms with E-state index in [0.29, 0.717) is 24.0 Å². The van der Waals surface area contributed by atoms with Gasteiger partial charge in [0.05, 0.1) is 0 Å². The number of aliphatic carboxylic acids is 1. The highest BCUT2D eigenvalue weighted by molar-refractivity contribution is 5.85. The lowest BCUT2D eigenvalue weighted by atomic mass is 9.47. The molecular formula is C20H30O3. The summed E-state index contributed by atoms with van der Waals surface area (Å²) < 4.78 is 0. The molecule has 0 amide bonds. The zero-order valence-electron chi connectivity index (χ0n) is 14.9. The molecule has 0 radical (unpaired) electrons. The van der Waals surface area contributed by atoms with Gasteiger partial charge >= 0.3 is 5.97 Å². The van der Waals surface area contributed by atoms with Gasteiger partial charge in [-0.2, -0.15) is 0 Å². The van der Waals surface area contributed by atoms with E-state index in [0.717, 1.165) is 37.7 Å². The molecule has 0 aliphatic heterocycles. The molecule has 2 saturated carbocycles. The highest BCUT2D eigenvalue weighted by Crippen LogP contribution is 2.60. The van der Waals surface area contributed by atoms with Gasteiger partial charge in [-0.15, -0.1) is 0 Å². The Bertz CT molecular complexity index is 555. The van der Waals surface area contributed by atoms with Gasteiger partial charge in [0.15, 0.2) is 0 Å². The highest BCUT2D eigenvalue weighted by Gasteiger charge is 2.55. The van der Waals surface area contributed by atoms with Crippen LogP contribution in [0.15, 0.2) is 23.8 Å². The molecule has 0 aromatic heterocycles.